The van der Waals surface area contributed by atoms with Gasteiger partial charge in [0.05, 0.1) is 9.84 Å². The number of hydrogen-bond acceptors (Lipinski definition) is 4. The normalized spacial score (nSPS) is 38.0. The Kier molecular flexibility index (Phi) is 3.51. The van der Waals surface area contributed by atoms with E-state index < -0.39 is 6.09 Å². The average Bonchev–Trinajstić information content (AvgIpc) is 3.11. The lowest BCUT2D eigenvalue weighted by Crippen LogP contribution is -2.48. The van der Waals surface area contributed by atoms with Crippen LogP contribution in [0.4, 0.5) is 4.79 Å². The van der Waals surface area contributed by atoms with Crippen molar-refractivity contribution in [1.29, 1.82) is 0 Å². The van der Waals surface area contributed by atoms with Crippen LogP contribution in [0.1, 0.15) is 12.0 Å². The lowest BCUT2D eigenvalue weighted by Gasteiger charge is -2.28. The lowest BCUT2D eigenvalue weighted by atomic mass is 9.85. The standard InChI is InChI=1S/C16H16INO4/c17-12-10-6-9-11(15(19)22-14(9)12)13(10)18-16(20)21-7-8-4-2-1-3-5-8/h1-5,9-14H,6-7H2,(H,18,20)/t9-,10-,11+,12-,13+,14+/m1/s1. The van der Waals surface area contributed by atoms with Gasteiger partial charge < -0.3 is 14.8 Å². The van der Waals surface area contributed by atoms with Crippen LogP contribution in [-0.2, 0) is 20.9 Å². The van der Waals surface area contributed by atoms with Gasteiger partial charge in [-0.2, -0.15) is 0 Å². The van der Waals surface area contributed by atoms with Crippen molar-refractivity contribution in [1.82, 2.24) is 5.32 Å². The molecule has 116 valence electrons. The highest BCUT2D eigenvalue weighted by Gasteiger charge is 2.66. The first-order valence-electron chi connectivity index (χ1n) is 7.47. The zero-order valence-corrected chi connectivity index (χ0v) is 13.9. The molecule has 1 aromatic rings. The third kappa shape index (κ3) is 2.19. The van der Waals surface area contributed by atoms with Crippen LogP contribution in [0.5, 0.6) is 0 Å². The van der Waals surface area contributed by atoms with Crippen LogP contribution in [0, 0.1) is 17.8 Å². The second-order valence-corrected chi connectivity index (χ2v) is 7.61. The molecule has 1 aliphatic heterocycles. The summed E-state index contributed by atoms with van der Waals surface area (Å²) in [7, 11) is 0. The SMILES string of the molecule is O=C(N[C@H]1[C@@H]2C[C@H]3[C@H](OC(=O)[C@@H]31)[C@@H]2I)OCc1ccccc1. The van der Waals surface area contributed by atoms with Crippen LogP contribution in [0.3, 0.4) is 0 Å². The Morgan fingerprint density at radius 2 is 2.09 bits per heavy atom. The van der Waals surface area contributed by atoms with E-state index in [2.05, 4.69) is 27.9 Å². The van der Waals surface area contributed by atoms with Crippen molar-refractivity contribution in [2.24, 2.45) is 17.8 Å². The summed E-state index contributed by atoms with van der Waals surface area (Å²) >= 11 is 2.35. The van der Waals surface area contributed by atoms with E-state index in [4.69, 9.17) is 9.47 Å². The molecule has 1 saturated heterocycles. The number of amides is 1. The molecular weight excluding hydrogens is 397 g/mol. The van der Waals surface area contributed by atoms with Crippen molar-refractivity contribution in [3.63, 3.8) is 0 Å². The molecule has 6 heteroatoms. The number of rotatable bonds is 3. The van der Waals surface area contributed by atoms with E-state index in [9.17, 15) is 9.59 Å². The maximum absolute atomic E-state index is 12.0. The Morgan fingerprint density at radius 3 is 2.86 bits per heavy atom. The second-order valence-electron chi connectivity index (χ2n) is 6.17. The van der Waals surface area contributed by atoms with Crippen LogP contribution in [0.2, 0.25) is 0 Å². The molecule has 6 atom stereocenters. The van der Waals surface area contributed by atoms with Gasteiger partial charge in [-0.15, -0.1) is 0 Å². The van der Waals surface area contributed by atoms with E-state index in [1.807, 2.05) is 30.3 Å². The van der Waals surface area contributed by atoms with Gasteiger partial charge in [0, 0.05) is 12.0 Å². The molecular formula is C16H16INO4. The number of benzene rings is 1. The van der Waals surface area contributed by atoms with Crippen molar-refractivity contribution >= 4 is 34.7 Å². The molecule has 3 aliphatic rings. The number of halogens is 1. The highest BCUT2D eigenvalue weighted by Crippen LogP contribution is 2.56. The molecule has 5 nitrogen and oxygen atoms in total. The smallest absolute Gasteiger partial charge is 0.407 e. The predicted octanol–water partition coefficient (Wildman–Crippen LogP) is 2.28. The highest BCUT2D eigenvalue weighted by molar-refractivity contribution is 14.1. The first-order valence-corrected chi connectivity index (χ1v) is 8.71. The van der Waals surface area contributed by atoms with E-state index in [1.165, 1.54) is 0 Å². The van der Waals surface area contributed by atoms with Gasteiger partial charge in [0.25, 0.3) is 0 Å². The number of hydrogen-bond donors (Lipinski definition) is 1. The number of carbonyl (C=O) groups is 2. The molecule has 0 radical (unpaired) electrons. The van der Waals surface area contributed by atoms with Crippen LogP contribution in [0.15, 0.2) is 30.3 Å². The summed E-state index contributed by atoms with van der Waals surface area (Å²) in [5.41, 5.74) is 0.942. The van der Waals surface area contributed by atoms with Crippen LogP contribution < -0.4 is 5.32 Å². The number of alkyl halides is 1. The number of fused-ring (bicyclic) bond motifs is 1. The van der Waals surface area contributed by atoms with Crippen molar-refractivity contribution in [2.75, 3.05) is 0 Å². The van der Waals surface area contributed by atoms with E-state index in [-0.39, 0.29) is 40.5 Å². The predicted molar refractivity (Wildman–Crippen MR) is 86.3 cm³/mol. The van der Waals surface area contributed by atoms with Crippen molar-refractivity contribution < 1.29 is 19.1 Å². The molecule has 1 amide bonds. The van der Waals surface area contributed by atoms with Gasteiger partial charge in [0.15, 0.2) is 0 Å². The van der Waals surface area contributed by atoms with Crippen molar-refractivity contribution in [3.8, 4) is 0 Å². The molecule has 2 aliphatic carbocycles. The first kappa shape index (κ1) is 14.3. The Morgan fingerprint density at radius 1 is 1.32 bits per heavy atom. The van der Waals surface area contributed by atoms with Gasteiger partial charge >= 0.3 is 12.1 Å². The third-order valence-electron chi connectivity index (χ3n) is 5.02. The lowest BCUT2D eigenvalue weighted by molar-refractivity contribution is -0.143. The molecule has 0 spiro atoms. The highest BCUT2D eigenvalue weighted by atomic mass is 127. The van der Waals surface area contributed by atoms with Gasteiger partial charge in [0.1, 0.15) is 12.7 Å². The van der Waals surface area contributed by atoms with Gasteiger partial charge in [0.2, 0.25) is 0 Å². The summed E-state index contributed by atoms with van der Waals surface area (Å²) in [6, 6.07) is 9.39. The zero-order valence-electron chi connectivity index (χ0n) is 11.8. The second kappa shape index (κ2) is 5.40. The fourth-order valence-electron chi connectivity index (χ4n) is 4.07. The number of carbonyl (C=O) groups excluding carboxylic acids is 2. The van der Waals surface area contributed by atoms with E-state index >= 15 is 0 Å². The summed E-state index contributed by atoms with van der Waals surface area (Å²) in [5.74, 6) is 0.213. The van der Waals surface area contributed by atoms with Crippen LogP contribution >= 0.6 is 22.6 Å². The van der Waals surface area contributed by atoms with E-state index in [0.29, 0.717) is 5.92 Å². The minimum Gasteiger partial charge on any atom is -0.461 e. The average molecular weight is 413 g/mol. The minimum absolute atomic E-state index is 0.0430. The quantitative estimate of drug-likeness (QED) is 0.469. The Balaban J connectivity index is 1.39. The first-order chi connectivity index (χ1) is 10.6. The third-order valence-corrected chi connectivity index (χ3v) is 6.65. The monoisotopic (exact) mass is 413 g/mol. The van der Waals surface area contributed by atoms with Gasteiger partial charge in [-0.25, -0.2) is 4.79 Å². The van der Waals surface area contributed by atoms with E-state index in [1.54, 1.807) is 0 Å². The van der Waals surface area contributed by atoms with Crippen LogP contribution in [-0.4, -0.2) is 28.1 Å². The molecule has 1 aromatic carbocycles. The van der Waals surface area contributed by atoms with E-state index in [0.717, 1.165) is 12.0 Å². The van der Waals surface area contributed by atoms with Crippen molar-refractivity contribution in [2.45, 2.75) is 29.1 Å². The number of ether oxygens (including phenoxy) is 2. The number of nitrogens with one attached hydrogen (secondary N) is 1. The number of alkyl carbamates (subject to hydrolysis) is 1. The van der Waals surface area contributed by atoms with Gasteiger partial charge in [-0.3, -0.25) is 4.79 Å². The fraction of sp³-hybridized carbons (Fsp3) is 0.500. The molecule has 1 heterocycles. The van der Waals surface area contributed by atoms with Crippen LogP contribution in [0.25, 0.3) is 0 Å². The molecule has 0 unspecified atom stereocenters. The maximum Gasteiger partial charge on any atom is 0.407 e. The zero-order chi connectivity index (χ0) is 15.3. The summed E-state index contributed by atoms with van der Waals surface area (Å²) in [6.45, 7) is 0.235. The Labute approximate surface area is 141 Å². The summed E-state index contributed by atoms with van der Waals surface area (Å²) in [4.78, 5) is 24.0. The fourth-order valence-corrected chi connectivity index (χ4v) is 5.49. The molecule has 2 saturated carbocycles. The summed E-state index contributed by atoms with van der Waals surface area (Å²) in [6.07, 6.45) is 0.543. The largest absolute Gasteiger partial charge is 0.461 e. The Bertz CT molecular complexity index is 607. The molecule has 22 heavy (non-hydrogen) atoms. The molecule has 4 rings (SSSR count). The Hall–Kier alpha value is -1.31. The summed E-state index contributed by atoms with van der Waals surface area (Å²) < 4.78 is 11.0. The number of esters is 1. The topological polar surface area (TPSA) is 64.6 Å². The van der Waals surface area contributed by atoms with Gasteiger partial charge in [-0.1, -0.05) is 52.9 Å². The minimum atomic E-state index is -0.457. The summed E-state index contributed by atoms with van der Waals surface area (Å²) in [5, 5.41) is 2.90. The molecule has 0 aromatic heterocycles. The van der Waals surface area contributed by atoms with Crippen molar-refractivity contribution in [3.05, 3.63) is 35.9 Å². The maximum atomic E-state index is 12.0. The molecule has 2 bridgehead atoms. The van der Waals surface area contributed by atoms with Gasteiger partial charge in [-0.05, 0) is 17.9 Å². The molecule has 1 N–H and O–H groups in total. The molecule has 3 fully saturated rings.